The van der Waals surface area contributed by atoms with Crippen molar-refractivity contribution in [2.24, 2.45) is 0 Å². The Bertz CT molecular complexity index is 961. The number of aromatic hydroxyl groups is 1. The Morgan fingerprint density at radius 1 is 1.07 bits per heavy atom. The largest absolute Gasteiger partial charge is 0.506 e. The number of nitrogens with one attached hydrogen (secondary N) is 1. The third-order valence-corrected chi connectivity index (χ3v) is 5.70. The molecule has 1 fully saturated rings. The van der Waals surface area contributed by atoms with Crippen molar-refractivity contribution in [2.75, 3.05) is 4.90 Å². The van der Waals surface area contributed by atoms with E-state index in [4.69, 9.17) is 0 Å². The Labute approximate surface area is 182 Å². The number of benzene rings is 2. The van der Waals surface area contributed by atoms with Crippen LogP contribution in [0.4, 0.5) is 10.5 Å². The van der Waals surface area contributed by atoms with Gasteiger partial charge in [-0.2, -0.15) is 0 Å². The molecule has 0 bridgehead atoms. The predicted molar refractivity (Wildman–Crippen MR) is 118 cm³/mol. The first-order valence-electron chi connectivity index (χ1n) is 8.00. The molecule has 1 saturated heterocycles. The van der Waals surface area contributed by atoms with Gasteiger partial charge in [-0.3, -0.25) is 14.9 Å². The average molecular weight is 588 g/mol. The number of carbonyl (C=O) groups excluding carboxylic acids is 3. The summed E-state index contributed by atoms with van der Waals surface area (Å²) in [6.45, 7) is 2.01. The van der Waals surface area contributed by atoms with Crippen LogP contribution < -0.4 is 10.2 Å². The minimum Gasteiger partial charge on any atom is -0.506 e. The summed E-state index contributed by atoms with van der Waals surface area (Å²) in [5.41, 5.74) is 1.90. The first kappa shape index (κ1) is 19.8. The van der Waals surface area contributed by atoms with Gasteiger partial charge in [0.25, 0.3) is 11.8 Å². The van der Waals surface area contributed by atoms with Crippen molar-refractivity contribution >= 4 is 74.8 Å². The van der Waals surface area contributed by atoms with Gasteiger partial charge in [-0.25, -0.2) is 9.69 Å². The van der Waals surface area contributed by atoms with Gasteiger partial charge in [0.05, 0.1) is 12.8 Å². The van der Waals surface area contributed by atoms with Gasteiger partial charge in [0.2, 0.25) is 0 Å². The van der Waals surface area contributed by atoms with Crippen molar-refractivity contribution in [2.45, 2.75) is 13.3 Å². The molecule has 1 aliphatic heterocycles. The topological polar surface area (TPSA) is 86.7 Å². The van der Waals surface area contributed by atoms with E-state index in [1.807, 2.05) is 64.2 Å². The second-order valence-electron chi connectivity index (χ2n) is 5.81. The molecule has 0 saturated carbocycles. The molecule has 1 aliphatic rings. The fraction of sp³-hybridized carbons (Fsp3) is 0.105. The van der Waals surface area contributed by atoms with Crippen LogP contribution in [0.15, 0.2) is 42.0 Å². The van der Waals surface area contributed by atoms with Crippen molar-refractivity contribution < 1.29 is 19.5 Å². The van der Waals surface area contributed by atoms with E-state index in [0.29, 0.717) is 18.4 Å². The molecule has 4 amide bonds. The molecule has 8 heteroatoms. The molecule has 0 aliphatic carbocycles. The molecule has 2 aromatic carbocycles. The Hall–Kier alpha value is -1.95. The van der Waals surface area contributed by atoms with Crippen LogP contribution in [0.5, 0.6) is 5.75 Å². The van der Waals surface area contributed by atoms with Crippen molar-refractivity contribution in [3.05, 3.63) is 60.2 Å². The van der Waals surface area contributed by atoms with E-state index in [2.05, 4.69) is 5.32 Å². The first-order valence-corrected chi connectivity index (χ1v) is 10.2. The van der Waals surface area contributed by atoms with Crippen LogP contribution in [0.2, 0.25) is 0 Å². The highest BCUT2D eigenvalue weighted by Crippen LogP contribution is 2.29. The van der Waals surface area contributed by atoms with E-state index < -0.39 is 17.8 Å². The van der Waals surface area contributed by atoms with Crippen LogP contribution in [0.25, 0.3) is 6.08 Å². The summed E-state index contributed by atoms with van der Waals surface area (Å²) >= 11 is 3.94. The molecule has 138 valence electrons. The summed E-state index contributed by atoms with van der Waals surface area (Å²) in [5, 5.41) is 12.1. The van der Waals surface area contributed by atoms with Crippen LogP contribution in [-0.4, -0.2) is 23.0 Å². The first-order chi connectivity index (χ1) is 12.8. The maximum Gasteiger partial charge on any atom is 0.335 e. The molecular weight excluding hydrogens is 574 g/mol. The summed E-state index contributed by atoms with van der Waals surface area (Å²) < 4.78 is 1.19. The number of phenolic OH excluding ortho intramolecular Hbond substituents is 1. The number of hydrogen-bond donors (Lipinski definition) is 2. The van der Waals surface area contributed by atoms with Crippen LogP contribution in [0, 0.1) is 7.14 Å². The van der Waals surface area contributed by atoms with Gasteiger partial charge in [-0.05, 0) is 93.1 Å². The van der Waals surface area contributed by atoms with Gasteiger partial charge >= 0.3 is 6.03 Å². The van der Waals surface area contributed by atoms with E-state index in [-0.39, 0.29) is 11.3 Å². The molecule has 2 N–H and O–H groups in total. The second-order valence-corrected chi connectivity index (χ2v) is 8.14. The number of halogens is 2. The number of anilines is 1. The number of barbiturate groups is 1. The van der Waals surface area contributed by atoms with Crippen molar-refractivity contribution in [3.63, 3.8) is 0 Å². The fourth-order valence-electron chi connectivity index (χ4n) is 2.61. The Kier molecular flexibility index (Phi) is 5.84. The zero-order valence-corrected chi connectivity index (χ0v) is 18.4. The second kappa shape index (κ2) is 7.97. The van der Waals surface area contributed by atoms with Crippen LogP contribution in [-0.2, 0) is 16.0 Å². The highest BCUT2D eigenvalue weighted by atomic mass is 127. The smallest absolute Gasteiger partial charge is 0.335 e. The number of amides is 4. The lowest BCUT2D eigenvalue weighted by atomic mass is 10.1. The van der Waals surface area contributed by atoms with E-state index in [9.17, 15) is 19.5 Å². The molecule has 2 aromatic rings. The molecule has 0 atom stereocenters. The standard InChI is InChI=1S/C19H14I2N2O4/c1-2-10-3-5-12(6-4-10)23-18(26)13(17(25)22-19(23)27)7-11-8-14(20)16(24)15(21)9-11/h3-9,24H,2H2,1H3,(H,22,25,27)/b13-7-. The van der Waals surface area contributed by atoms with Crippen LogP contribution in [0.1, 0.15) is 18.1 Å². The minimum absolute atomic E-state index is 0.144. The Balaban J connectivity index is 2.01. The van der Waals surface area contributed by atoms with E-state index in [1.54, 1.807) is 24.3 Å². The third-order valence-electron chi connectivity index (χ3n) is 4.05. The van der Waals surface area contributed by atoms with Gasteiger partial charge < -0.3 is 5.11 Å². The van der Waals surface area contributed by atoms with Gasteiger partial charge in [0.15, 0.2) is 0 Å². The Morgan fingerprint density at radius 3 is 2.22 bits per heavy atom. The number of urea groups is 1. The molecule has 3 rings (SSSR count). The summed E-state index contributed by atoms with van der Waals surface area (Å²) in [6.07, 6.45) is 2.25. The number of aryl methyl sites for hydroxylation is 1. The van der Waals surface area contributed by atoms with Crippen LogP contribution in [0.3, 0.4) is 0 Å². The number of imide groups is 2. The quantitative estimate of drug-likeness (QED) is 0.325. The summed E-state index contributed by atoms with van der Waals surface area (Å²) in [7, 11) is 0. The highest BCUT2D eigenvalue weighted by Gasteiger charge is 2.36. The van der Waals surface area contributed by atoms with E-state index >= 15 is 0 Å². The average Bonchev–Trinajstić information content (AvgIpc) is 2.63. The number of phenols is 1. The lowest BCUT2D eigenvalue weighted by molar-refractivity contribution is -0.122. The van der Waals surface area contributed by atoms with Crippen molar-refractivity contribution in [1.82, 2.24) is 5.32 Å². The zero-order valence-electron chi connectivity index (χ0n) is 14.1. The van der Waals surface area contributed by atoms with E-state index in [1.165, 1.54) is 6.08 Å². The molecule has 0 unspecified atom stereocenters. The number of rotatable bonds is 3. The minimum atomic E-state index is -0.777. The molecule has 0 spiro atoms. The normalized spacial score (nSPS) is 16.0. The number of carbonyl (C=O) groups is 3. The summed E-state index contributed by atoms with van der Waals surface area (Å²) in [5.74, 6) is -1.29. The highest BCUT2D eigenvalue weighted by molar-refractivity contribution is 14.1. The van der Waals surface area contributed by atoms with Gasteiger partial charge in [-0.1, -0.05) is 19.1 Å². The molecule has 0 aromatic heterocycles. The lowest BCUT2D eigenvalue weighted by Gasteiger charge is -2.26. The number of hydrogen-bond acceptors (Lipinski definition) is 4. The van der Waals surface area contributed by atoms with Gasteiger partial charge in [0, 0.05) is 0 Å². The van der Waals surface area contributed by atoms with Crippen LogP contribution >= 0.6 is 45.2 Å². The lowest BCUT2D eigenvalue weighted by Crippen LogP contribution is -2.54. The maximum absolute atomic E-state index is 12.9. The molecule has 6 nitrogen and oxygen atoms in total. The molecule has 1 heterocycles. The molecular formula is C19H14I2N2O4. The third kappa shape index (κ3) is 4.00. The summed E-state index contributed by atoms with van der Waals surface area (Å²) in [6, 6.07) is 9.55. The molecule has 27 heavy (non-hydrogen) atoms. The van der Waals surface area contributed by atoms with E-state index in [0.717, 1.165) is 16.9 Å². The molecule has 0 radical (unpaired) electrons. The predicted octanol–water partition coefficient (Wildman–Crippen LogP) is 3.83. The van der Waals surface area contributed by atoms with Gasteiger partial charge in [0.1, 0.15) is 11.3 Å². The Morgan fingerprint density at radius 2 is 1.67 bits per heavy atom. The monoisotopic (exact) mass is 588 g/mol. The fourth-order valence-corrected chi connectivity index (χ4v) is 4.42. The maximum atomic E-state index is 12.9. The van der Waals surface area contributed by atoms with Crippen molar-refractivity contribution in [1.29, 1.82) is 0 Å². The number of nitrogens with zero attached hydrogens (tertiary/aromatic N) is 1. The zero-order chi connectivity index (χ0) is 19.7. The summed E-state index contributed by atoms with van der Waals surface area (Å²) in [4.78, 5) is 38.3. The SMILES string of the molecule is CCc1ccc(N2C(=O)NC(=O)/C(=C/c3cc(I)c(O)c(I)c3)C2=O)cc1. The van der Waals surface area contributed by atoms with Gasteiger partial charge in [-0.15, -0.1) is 0 Å². The van der Waals surface area contributed by atoms with Crippen molar-refractivity contribution in [3.8, 4) is 5.75 Å².